The smallest absolute Gasteiger partial charge is 0.210 e. The van der Waals surface area contributed by atoms with Crippen LogP contribution in [-0.4, -0.2) is 41.4 Å². The zero-order chi connectivity index (χ0) is 10.5. The van der Waals surface area contributed by atoms with Crippen molar-refractivity contribution < 1.29 is 16.8 Å². The van der Waals surface area contributed by atoms with Crippen LogP contribution < -0.4 is 15.6 Å². The van der Waals surface area contributed by atoms with E-state index < -0.39 is 20.0 Å². The van der Waals surface area contributed by atoms with E-state index in [1.54, 1.807) is 0 Å². The van der Waals surface area contributed by atoms with E-state index in [0.717, 1.165) is 0 Å². The third kappa shape index (κ3) is 11.8. The first-order valence-electron chi connectivity index (χ1n) is 3.42. The van der Waals surface area contributed by atoms with Gasteiger partial charge in [-0.1, -0.05) is 0 Å². The number of rotatable bonds is 6. The maximum absolute atomic E-state index is 10.4. The van der Waals surface area contributed by atoms with Crippen LogP contribution in [0.4, 0.5) is 0 Å². The summed E-state index contributed by atoms with van der Waals surface area (Å²) in [6, 6.07) is 0. The van der Waals surface area contributed by atoms with Gasteiger partial charge in [-0.05, 0) is 0 Å². The van der Waals surface area contributed by atoms with Crippen LogP contribution >= 0.6 is 0 Å². The topological polar surface area (TPSA) is 132 Å². The summed E-state index contributed by atoms with van der Waals surface area (Å²) in [7, 11) is -6.97. The summed E-state index contributed by atoms with van der Waals surface area (Å²) in [6.07, 6.45) is 0. The molecule has 0 rings (SSSR count). The average Bonchev–Trinajstić information content (AvgIpc) is 1.81. The third-order valence-electron chi connectivity index (χ3n) is 1.13. The summed E-state index contributed by atoms with van der Waals surface area (Å²) in [4.78, 5) is 0. The van der Waals surface area contributed by atoms with Crippen molar-refractivity contribution in [3.8, 4) is 0 Å². The minimum atomic E-state index is -3.48. The third-order valence-corrected chi connectivity index (χ3v) is 2.67. The van der Waals surface area contributed by atoms with Crippen molar-refractivity contribution in [1.29, 1.82) is 0 Å². The number of nitrogens with two attached hydrogens (primary N) is 2. The second kappa shape index (κ2) is 4.86. The van der Waals surface area contributed by atoms with Gasteiger partial charge in [0.25, 0.3) is 0 Å². The van der Waals surface area contributed by atoms with Crippen LogP contribution in [0.2, 0.25) is 0 Å². The summed E-state index contributed by atoms with van der Waals surface area (Å²) in [6.45, 7) is 0.239. The van der Waals surface area contributed by atoms with Gasteiger partial charge in [0.2, 0.25) is 20.0 Å². The lowest BCUT2D eigenvalue weighted by molar-refractivity contribution is 0.590. The Bertz CT molecular complexity index is 298. The van der Waals surface area contributed by atoms with E-state index in [2.05, 4.69) is 5.32 Å². The van der Waals surface area contributed by atoms with Gasteiger partial charge in [0, 0.05) is 13.1 Å². The number of sulfonamides is 2. The van der Waals surface area contributed by atoms with E-state index in [0.29, 0.717) is 0 Å². The molecule has 0 atom stereocenters. The van der Waals surface area contributed by atoms with E-state index in [-0.39, 0.29) is 24.6 Å². The quantitative estimate of drug-likeness (QED) is 0.423. The van der Waals surface area contributed by atoms with E-state index in [9.17, 15) is 16.8 Å². The molecule has 0 amide bonds. The Hall–Kier alpha value is -0.220. The first-order valence-corrected chi connectivity index (χ1v) is 6.85. The number of nitrogens with one attached hydrogen (secondary N) is 1. The van der Waals surface area contributed by atoms with Crippen LogP contribution in [0.15, 0.2) is 0 Å². The van der Waals surface area contributed by atoms with Gasteiger partial charge in [-0.2, -0.15) is 0 Å². The Balaban J connectivity index is 3.50. The standard InChI is InChI=1S/C4H13N3O4S2/c5-12(8,9)3-1-7-2-4-13(6,10)11/h7H,1-4H2,(H2,5,8,9)(H2,6,10,11). The molecule has 0 unspecified atom stereocenters. The molecule has 5 N–H and O–H groups in total. The summed E-state index contributed by atoms with van der Waals surface area (Å²) >= 11 is 0. The largest absolute Gasteiger partial charge is 0.315 e. The zero-order valence-electron chi connectivity index (χ0n) is 6.93. The molecule has 0 saturated carbocycles. The molecule has 0 spiro atoms. The molecule has 0 aliphatic rings. The van der Waals surface area contributed by atoms with Crippen molar-refractivity contribution in [2.75, 3.05) is 24.6 Å². The van der Waals surface area contributed by atoms with E-state index >= 15 is 0 Å². The van der Waals surface area contributed by atoms with Gasteiger partial charge in [0.05, 0.1) is 11.5 Å². The summed E-state index contributed by atoms with van der Waals surface area (Å²) < 4.78 is 41.5. The van der Waals surface area contributed by atoms with Crippen molar-refractivity contribution >= 4 is 20.0 Å². The van der Waals surface area contributed by atoms with Crippen LogP contribution in [0.3, 0.4) is 0 Å². The molecular weight excluding hydrogens is 218 g/mol. The van der Waals surface area contributed by atoms with Gasteiger partial charge < -0.3 is 5.32 Å². The van der Waals surface area contributed by atoms with Crippen molar-refractivity contribution in [2.45, 2.75) is 0 Å². The van der Waals surface area contributed by atoms with Gasteiger partial charge >= 0.3 is 0 Å². The van der Waals surface area contributed by atoms with Crippen molar-refractivity contribution in [2.24, 2.45) is 10.3 Å². The molecule has 0 aliphatic carbocycles. The molecule has 0 saturated heterocycles. The Kier molecular flexibility index (Phi) is 4.78. The fraction of sp³-hybridized carbons (Fsp3) is 1.00. The minimum absolute atomic E-state index is 0.119. The second-order valence-corrected chi connectivity index (χ2v) is 5.95. The molecule has 0 aliphatic heterocycles. The molecule has 7 nitrogen and oxygen atoms in total. The monoisotopic (exact) mass is 231 g/mol. The molecule has 0 aromatic rings. The molecule has 9 heteroatoms. The number of hydrogen-bond acceptors (Lipinski definition) is 5. The SMILES string of the molecule is NS(=O)(=O)CCNCCS(N)(=O)=O. The fourth-order valence-electron chi connectivity index (χ4n) is 0.554. The summed E-state index contributed by atoms with van der Waals surface area (Å²) in [5, 5.41) is 12.0. The van der Waals surface area contributed by atoms with Crippen LogP contribution in [0.1, 0.15) is 0 Å². The van der Waals surface area contributed by atoms with E-state index in [1.807, 2.05) is 0 Å². The highest BCUT2D eigenvalue weighted by molar-refractivity contribution is 7.89. The van der Waals surface area contributed by atoms with Crippen LogP contribution in [-0.2, 0) is 20.0 Å². The zero-order valence-corrected chi connectivity index (χ0v) is 8.57. The van der Waals surface area contributed by atoms with Gasteiger partial charge in [-0.3, -0.25) is 0 Å². The van der Waals surface area contributed by atoms with E-state index in [4.69, 9.17) is 10.3 Å². The second-order valence-electron chi connectivity index (χ2n) is 2.48. The Morgan fingerprint density at radius 2 is 1.15 bits per heavy atom. The predicted molar refractivity (Wildman–Crippen MR) is 48.8 cm³/mol. The van der Waals surface area contributed by atoms with Crippen molar-refractivity contribution in [1.82, 2.24) is 5.32 Å². The molecule has 0 radical (unpaired) electrons. The molecule has 0 fully saturated rings. The van der Waals surface area contributed by atoms with Crippen LogP contribution in [0, 0.1) is 0 Å². The molecular formula is C4H13N3O4S2. The molecule has 0 aromatic carbocycles. The van der Waals surface area contributed by atoms with Gasteiger partial charge in [0.15, 0.2) is 0 Å². The van der Waals surface area contributed by atoms with Gasteiger partial charge in [0.1, 0.15) is 0 Å². The molecule has 0 heterocycles. The lowest BCUT2D eigenvalue weighted by Crippen LogP contribution is -2.32. The normalized spacial score (nSPS) is 13.1. The predicted octanol–water partition coefficient (Wildman–Crippen LogP) is -2.85. The van der Waals surface area contributed by atoms with E-state index in [1.165, 1.54) is 0 Å². The summed E-state index contributed by atoms with van der Waals surface area (Å²) in [5.74, 6) is -0.449. The Labute approximate surface area is 77.6 Å². The fourth-order valence-corrected chi connectivity index (χ4v) is 1.41. The number of primary sulfonamides is 2. The molecule has 80 valence electrons. The minimum Gasteiger partial charge on any atom is -0.315 e. The van der Waals surface area contributed by atoms with Crippen LogP contribution in [0.5, 0.6) is 0 Å². The first kappa shape index (κ1) is 12.8. The molecule has 13 heavy (non-hydrogen) atoms. The lowest BCUT2D eigenvalue weighted by atomic mass is 10.7. The van der Waals surface area contributed by atoms with Gasteiger partial charge in [-0.15, -0.1) is 0 Å². The Morgan fingerprint density at radius 3 is 1.38 bits per heavy atom. The highest BCUT2D eigenvalue weighted by Gasteiger charge is 2.03. The maximum atomic E-state index is 10.4. The highest BCUT2D eigenvalue weighted by atomic mass is 32.2. The maximum Gasteiger partial charge on any atom is 0.210 e. The number of hydrogen-bond donors (Lipinski definition) is 3. The molecule has 0 bridgehead atoms. The first-order chi connectivity index (χ1) is 5.71. The summed E-state index contributed by atoms with van der Waals surface area (Å²) in [5.41, 5.74) is 0. The Morgan fingerprint density at radius 1 is 0.846 bits per heavy atom. The highest BCUT2D eigenvalue weighted by Crippen LogP contribution is 1.76. The van der Waals surface area contributed by atoms with Crippen molar-refractivity contribution in [3.05, 3.63) is 0 Å². The molecule has 0 aromatic heterocycles. The van der Waals surface area contributed by atoms with Crippen molar-refractivity contribution in [3.63, 3.8) is 0 Å². The lowest BCUT2D eigenvalue weighted by Gasteiger charge is -2.01. The average molecular weight is 231 g/mol. The van der Waals surface area contributed by atoms with Gasteiger partial charge in [-0.25, -0.2) is 27.1 Å². The van der Waals surface area contributed by atoms with Crippen LogP contribution in [0.25, 0.3) is 0 Å².